The van der Waals surface area contributed by atoms with Gasteiger partial charge in [-0.1, -0.05) is 59.8 Å². The average molecular weight is 304 g/mol. The maximum Gasteiger partial charge on any atom is 0.274 e. The second-order valence-corrected chi connectivity index (χ2v) is 4.90. The van der Waals surface area contributed by atoms with Crippen molar-refractivity contribution in [2.24, 2.45) is 0 Å². The van der Waals surface area contributed by atoms with Crippen molar-refractivity contribution in [1.29, 1.82) is 0 Å². The van der Waals surface area contributed by atoms with Gasteiger partial charge in [0, 0.05) is 12.1 Å². The number of hydrogen-bond donors (Lipinski definition) is 1. The molecule has 2 aromatic carbocycles. The van der Waals surface area contributed by atoms with Gasteiger partial charge in [-0.3, -0.25) is 4.79 Å². The topological polar surface area (TPSA) is 59.8 Å². The lowest BCUT2D eigenvalue weighted by Crippen LogP contribution is -2.24. The molecule has 0 aliphatic carbocycles. The zero-order valence-corrected chi connectivity index (χ0v) is 12.5. The summed E-state index contributed by atoms with van der Waals surface area (Å²) in [6.07, 6.45) is 1.63. The predicted octanol–water partition coefficient (Wildman–Crippen LogP) is 2.85. The summed E-state index contributed by atoms with van der Waals surface area (Å²) in [5.74, 6) is -0.272. The van der Waals surface area contributed by atoms with Crippen LogP contribution < -0.4 is 5.32 Å². The lowest BCUT2D eigenvalue weighted by Gasteiger charge is -2.08. The molecule has 0 unspecified atom stereocenters. The lowest BCUT2D eigenvalue weighted by atomic mass is 10.1. The van der Waals surface area contributed by atoms with Gasteiger partial charge in [0.2, 0.25) is 0 Å². The number of nitrogens with zero attached hydrogens (tertiary/aromatic N) is 3. The van der Waals surface area contributed by atoms with E-state index in [-0.39, 0.29) is 5.91 Å². The predicted molar refractivity (Wildman–Crippen MR) is 89.3 cm³/mol. The van der Waals surface area contributed by atoms with Crippen LogP contribution >= 0.6 is 0 Å². The van der Waals surface area contributed by atoms with Gasteiger partial charge in [-0.05, 0) is 12.1 Å². The summed E-state index contributed by atoms with van der Waals surface area (Å²) >= 11 is 0. The first-order valence-electron chi connectivity index (χ1n) is 7.27. The molecule has 0 aliphatic rings. The SMILES string of the molecule is C=CCNC(=O)c1nnn(-c2ccccc2)c1-c1ccccc1. The number of benzene rings is 2. The first-order chi connectivity index (χ1) is 11.3. The first kappa shape index (κ1) is 14.7. The van der Waals surface area contributed by atoms with Gasteiger partial charge in [0.25, 0.3) is 5.91 Å². The summed E-state index contributed by atoms with van der Waals surface area (Å²) < 4.78 is 1.68. The van der Waals surface area contributed by atoms with Gasteiger partial charge in [0.05, 0.1) is 5.69 Å². The molecule has 0 saturated heterocycles. The van der Waals surface area contributed by atoms with Crippen LogP contribution in [0.25, 0.3) is 16.9 Å². The summed E-state index contributed by atoms with van der Waals surface area (Å²) in [5.41, 5.74) is 2.69. The summed E-state index contributed by atoms with van der Waals surface area (Å²) in [5, 5.41) is 11.0. The standard InChI is InChI=1S/C18H16N4O/c1-2-13-19-18(23)16-17(14-9-5-3-6-10-14)22(21-20-16)15-11-7-4-8-12-15/h2-12H,1,13H2,(H,19,23). The normalized spacial score (nSPS) is 10.3. The van der Waals surface area contributed by atoms with E-state index in [1.54, 1.807) is 10.8 Å². The van der Waals surface area contributed by atoms with Gasteiger partial charge in [-0.25, -0.2) is 4.68 Å². The van der Waals surface area contributed by atoms with Gasteiger partial charge in [-0.15, -0.1) is 11.7 Å². The quantitative estimate of drug-likeness (QED) is 0.737. The Kier molecular flexibility index (Phi) is 4.29. The number of nitrogens with one attached hydrogen (secondary N) is 1. The van der Waals surface area contributed by atoms with Crippen LogP contribution in [-0.2, 0) is 0 Å². The van der Waals surface area contributed by atoms with Crippen molar-refractivity contribution in [3.05, 3.63) is 79.0 Å². The van der Waals surface area contributed by atoms with Crippen LogP contribution in [0.5, 0.6) is 0 Å². The smallest absolute Gasteiger partial charge is 0.274 e. The summed E-state index contributed by atoms with van der Waals surface area (Å²) in [6.45, 7) is 3.98. The minimum absolute atomic E-state index is 0.272. The highest BCUT2D eigenvalue weighted by atomic mass is 16.2. The van der Waals surface area contributed by atoms with Crippen LogP contribution in [0.15, 0.2) is 73.3 Å². The lowest BCUT2D eigenvalue weighted by molar-refractivity contribution is 0.0953. The van der Waals surface area contributed by atoms with Crippen molar-refractivity contribution in [3.63, 3.8) is 0 Å². The van der Waals surface area contributed by atoms with Gasteiger partial charge >= 0.3 is 0 Å². The van der Waals surface area contributed by atoms with Gasteiger partial charge in [0.1, 0.15) is 5.69 Å². The molecule has 0 bridgehead atoms. The number of hydrogen-bond acceptors (Lipinski definition) is 3. The van der Waals surface area contributed by atoms with E-state index in [1.165, 1.54) is 0 Å². The molecule has 1 aromatic heterocycles. The van der Waals surface area contributed by atoms with Crippen molar-refractivity contribution >= 4 is 5.91 Å². The van der Waals surface area contributed by atoms with Gasteiger partial charge in [-0.2, -0.15) is 0 Å². The number of rotatable bonds is 5. The fraction of sp³-hybridized carbons (Fsp3) is 0.0556. The van der Waals surface area contributed by atoms with E-state index in [1.807, 2.05) is 60.7 Å². The number of aromatic nitrogens is 3. The van der Waals surface area contributed by atoms with Crippen molar-refractivity contribution in [2.45, 2.75) is 0 Å². The van der Waals surface area contributed by atoms with Gasteiger partial charge < -0.3 is 5.32 Å². The van der Waals surface area contributed by atoms with E-state index in [0.717, 1.165) is 11.3 Å². The Balaban J connectivity index is 2.13. The average Bonchev–Trinajstić information content (AvgIpc) is 3.06. The molecule has 0 radical (unpaired) electrons. The van der Waals surface area contributed by atoms with Crippen molar-refractivity contribution in [3.8, 4) is 16.9 Å². The maximum atomic E-state index is 12.4. The molecule has 1 heterocycles. The Bertz CT molecular complexity index is 810. The molecule has 23 heavy (non-hydrogen) atoms. The Labute approximate surface area is 134 Å². The zero-order valence-electron chi connectivity index (χ0n) is 12.5. The molecule has 0 saturated carbocycles. The number of amides is 1. The molecule has 3 aromatic rings. The van der Waals surface area contributed by atoms with Crippen LogP contribution in [0.4, 0.5) is 0 Å². The molecule has 5 nitrogen and oxygen atoms in total. The fourth-order valence-corrected chi connectivity index (χ4v) is 2.29. The monoisotopic (exact) mass is 304 g/mol. The van der Waals surface area contributed by atoms with Crippen LogP contribution in [0, 0.1) is 0 Å². The second-order valence-electron chi connectivity index (χ2n) is 4.90. The fourth-order valence-electron chi connectivity index (χ4n) is 2.29. The third-order valence-electron chi connectivity index (χ3n) is 3.34. The third-order valence-corrected chi connectivity index (χ3v) is 3.34. The molecule has 0 aliphatic heterocycles. The molecule has 114 valence electrons. The van der Waals surface area contributed by atoms with Crippen molar-refractivity contribution < 1.29 is 4.79 Å². The molecular weight excluding hydrogens is 288 g/mol. The van der Waals surface area contributed by atoms with E-state index in [4.69, 9.17) is 0 Å². The number of carbonyl (C=O) groups excluding carboxylic acids is 1. The summed E-state index contributed by atoms with van der Waals surface area (Å²) in [6, 6.07) is 19.3. The molecule has 3 rings (SSSR count). The minimum atomic E-state index is -0.272. The van der Waals surface area contributed by atoms with E-state index in [2.05, 4.69) is 22.2 Å². The van der Waals surface area contributed by atoms with E-state index in [9.17, 15) is 4.79 Å². The van der Waals surface area contributed by atoms with E-state index < -0.39 is 0 Å². The largest absolute Gasteiger partial charge is 0.347 e. The van der Waals surface area contributed by atoms with E-state index in [0.29, 0.717) is 17.9 Å². The van der Waals surface area contributed by atoms with Gasteiger partial charge in [0.15, 0.2) is 5.69 Å². The highest BCUT2D eigenvalue weighted by molar-refractivity contribution is 5.98. The molecule has 5 heteroatoms. The Hall–Kier alpha value is -3.21. The number of para-hydroxylation sites is 1. The third kappa shape index (κ3) is 3.03. The Morgan fingerprint density at radius 3 is 2.39 bits per heavy atom. The Morgan fingerprint density at radius 1 is 1.09 bits per heavy atom. The first-order valence-corrected chi connectivity index (χ1v) is 7.27. The Morgan fingerprint density at radius 2 is 1.74 bits per heavy atom. The van der Waals surface area contributed by atoms with Crippen LogP contribution in [0.1, 0.15) is 10.5 Å². The van der Waals surface area contributed by atoms with Crippen LogP contribution in [-0.4, -0.2) is 27.4 Å². The number of carbonyl (C=O) groups is 1. The minimum Gasteiger partial charge on any atom is -0.347 e. The molecule has 1 N–H and O–H groups in total. The molecule has 0 spiro atoms. The molecule has 1 amide bonds. The second kappa shape index (κ2) is 6.70. The van der Waals surface area contributed by atoms with Crippen LogP contribution in [0.3, 0.4) is 0 Å². The maximum absolute atomic E-state index is 12.4. The summed E-state index contributed by atoms with van der Waals surface area (Å²) in [4.78, 5) is 12.4. The highest BCUT2D eigenvalue weighted by Crippen LogP contribution is 2.25. The highest BCUT2D eigenvalue weighted by Gasteiger charge is 2.21. The summed E-state index contributed by atoms with van der Waals surface area (Å²) in [7, 11) is 0. The van der Waals surface area contributed by atoms with E-state index >= 15 is 0 Å². The molecule has 0 atom stereocenters. The van der Waals surface area contributed by atoms with Crippen LogP contribution in [0.2, 0.25) is 0 Å². The molecular formula is C18H16N4O. The van der Waals surface area contributed by atoms with Crippen molar-refractivity contribution in [2.75, 3.05) is 6.54 Å². The zero-order chi connectivity index (χ0) is 16.1. The molecule has 0 fully saturated rings. The van der Waals surface area contributed by atoms with Crippen molar-refractivity contribution in [1.82, 2.24) is 20.3 Å².